The van der Waals surface area contributed by atoms with E-state index in [4.69, 9.17) is 4.74 Å². The second kappa shape index (κ2) is 4.77. The molecule has 2 rings (SSSR count). The van der Waals surface area contributed by atoms with E-state index in [1.165, 1.54) is 6.07 Å². The van der Waals surface area contributed by atoms with Crippen LogP contribution in [0.2, 0.25) is 0 Å². The highest BCUT2D eigenvalue weighted by molar-refractivity contribution is 9.10. The average Bonchev–Trinajstić information content (AvgIpc) is 2.71. The molecule has 0 saturated heterocycles. The van der Waals surface area contributed by atoms with Gasteiger partial charge in [0.1, 0.15) is 11.6 Å². The molecule has 0 spiro atoms. The summed E-state index contributed by atoms with van der Waals surface area (Å²) in [5.74, 6) is 0. The number of rotatable bonds is 4. The number of aromatic amines is 1. The standard InChI is InChI=1S/C11H9BrN2O4/c1-6(18-5-15)9-4-13-11-8(9)2-7(12)3-10(11)14(16)17/h2-6,13H,1H3. The van der Waals surface area contributed by atoms with Crippen LogP contribution in [0.5, 0.6) is 0 Å². The third kappa shape index (κ3) is 2.08. The number of nitro benzene ring substituents is 1. The molecule has 6 nitrogen and oxygen atoms in total. The van der Waals surface area contributed by atoms with E-state index in [9.17, 15) is 14.9 Å². The van der Waals surface area contributed by atoms with Gasteiger partial charge in [-0.15, -0.1) is 0 Å². The normalized spacial score (nSPS) is 12.3. The summed E-state index contributed by atoms with van der Waals surface area (Å²) in [7, 11) is 0. The van der Waals surface area contributed by atoms with E-state index >= 15 is 0 Å². The molecule has 0 radical (unpaired) electrons. The van der Waals surface area contributed by atoms with Gasteiger partial charge in [-0.3, -0.25) is 14.9 Å². The molecule has 1 aromatic carbocycles. The SMILES string of the molecule is CC(OC=O)c1c[nH]c2c([N+](=O)[O-])cc(Br)cc12. The van der Waals surface area contributed by atoms with Crippen LogP contribution in [0.1, 0.15) is 18.6 Å². The van der Waals surface area contributed by atoms with Gasteiger partial charge in [0.15, 0.2) is 0 Å². The van der Waals surface area contributed by atoms with Crippen molar-refractivity contribution >= 4 is 39.0 Å². The summed E-state index contributed by atoms with van der Waals surface area (Å²) in [5.41, 5.74) is 1.09. The summed E-state index contributed by atoms with van der Waals surface area (Å²) in [6.45, 7) is 2.06. The maximum absolute atomic E-state index is 10.9. The van der Waals surface area contributed by atoms with Crippen molar-refractivity contribution in [2.45, 2.75) is 13.0 Å². The number of halogens is 1. The zero-order chi connectivity index (χ0) is 13.3. The van der Waals surface area contributed by atoms with E-state index in [-0.39, 0.29) is 5.69 Å². The van der Waals surface area contributed by atoms with Crippen molar-refractivity contribution in [3.63, 3.8) is 0 Å². The van der Waals surface area contributed by atoms with Gasteiger partial charge in [0, 0.05) is 27.7 Å². The lowest BCUT2D eigenvalue weighted by molar-refractivity contribution is -0.383. The van der Waals surface area contributed by atoms with Crippen molar-refractivity contribution in [2.75, 3.05) is 0 Å². The number of fused-ring (bicyclic) bond motifs is 1. The molecule has 1 heterocycles. The fourth-order valence-electron chi connectivity index (χ4n) is 1.84. The molecular formula is C11H9BrN2O4. The summed E-state index contributed by atoms with van der Waals surface area (Å²) in [4.78, 5) is 23.7. The third-order valence-corrected chi connectivity index (χ3v) is 3.12. The fraction of sp³-hybridized carbons (Fsp3) is 0.182. The molecular weight excluding hydrogens is 304 g/mol. The number of non-ortho nitro benzene ring substituents is 1. The van der Waals surface area contributed by atoms with Crippen molar-refractivity contribution in [1.29, 1.82) is 0 Å². The van der Waals surface area contributed by atoms with Gasteiger partial charge in [0.2, 0.25) is 0 Å². The van der Waals surface area contributed by atoms with Crippen LogP contribution in [0.3, 0.4) is 0 Å². The predicted octanol–water partition coefficient (Wildman–Crippen LogP) is 3.07. The minimum atomic E-state index is -0.467. The van der Waals surface area contributed by atoms with Gasteiger partial charge >= 0.3 is 0 Å². The molecule has 94 valence electrons. The number of carbonyl (C=O) groups excluding carboxylic acids is 1. The highest BCUT2D eigenvalue weighted by Gasteiger charge is 2.19. The van der Waals surface area contributed by atoms with Crippen LogP contribution >= 0.6 is 15.9 Å². The maximum atomic E-state index is 10.9. The summed E-state index contributed by atoms with van der Waals surface area (Å²) in [5, 5.41) is 11.6. The van der Waals surface area contributed by atoms with Gasteiger partial charge in [-0.2, -0.15) is 0 Å². The highest BCUT2D eigenvalue weighted by atomic mass is 79.9. The first-order valence-corrected chi connectivity index (χ1v) is 5.88. The molecule has 0 saturated carbocycles. The van der Waals surface area contributed by atoms with Crippen LogP contribution in [0.25, 0.3) is 10.9 Å². The van der Waals surface area contributed by atoms with Crippen LogP contribution in [0.4, 0.5) is 5.69 Å². The minimum absolute atomic E-state index is 0.0241. The van der Waals surface area contributed by atoms with E-state index in [0.29, 0.717) is 27.4 Å². The summed E-state index contributed by atoms with van der Waals surface area (Å²) >= 11 is 3.23. The Labute approximate surface area is 110 Å². The molecule has 7 heteroatoms. The lowest BCUT2D eigenvalue weighted by atomic mass is 10.1. The van der Waals surface area contributed by atoms with Crippen LogP contribution < -0.4 is 0 Å². The van der Waals surface area contributed by atoms with Gasteiger partial charge in [-0.25, -0.2) is 0 Å². The fourth-order valence-corrected chi connectivity index (χ4v) is 2.28. The number of carbonyl (C=O) groups is 1. The van der Waals surface area contributed by atoms with E-state index in [1.807, 2.05) is 0 Å². The van der Waals surface area contributed by atoms with Crippen LogP contribution in [-0.2, 0) is 9.53 Å². The Morgan fingerprint density at radius 2 is 2.28 bits per heavy atom. The monoisotopic (exact) mass is 312 g/mol. The zero-order valence-electron chi connectivity index (χ0n) is 9.34. The average molecular weight is 313 g/mol. The van der Waals surface area contributed by atoms with E-state index < -0.39 is 11.0 Å². The second-order valence-electron chi connectivity index (χ2n) is 3.72. The second-order valence-corrected chi connectivity index (χ2v) is 4.64. The number of nitrogens with one attached hydrogen (secondary N) is 1. The Hall–Kier alpha value is -1.89. The first-order valence-electron chi connectivity index (χ1n) is 5.08. The third-order valence-electron chi connectivity index (χ3n) is 2.66. The molecule has 1 unspecified atom stereocenters. The number of aromatic nitrogens is 1. The lowest BCUT2D eigenvalue weighted by Crippen LogP contribution is -1.97. The number of benzene rings is 1. The quantitative estimate of drug-likeness (QED) is 0.534. The topological polar surface area (TPSA) is 85.2 Å². The first-order chi connectivity index (χ1) is 8.54. The maximum Gasteiger partial charge on any atom is 0.294 e. The van der Waals surface area contributed by atoms with Gasteiger partial charge in [-0.1, -0.05) is 15.9 Å². The van der Waals surface area contributed by atoms with Crippen LogP contribution in [-0.4, -0.2) is 16.4 Å². The number of nitrogens with zero attached hydrogens (tertiary/aromatic N) is 1. The van der Waals surface area contributed by atoms with Gasteiger partial charge in [0.05, 0.1) is 4.92 Å². The molecule has 18 heavy (non-hydrogen) atoms. The number of hydrogen-bond acceptors (Lipinski definition) is 4. The zero-order valence-corrected chi connectivity index (χ0v) is 10.9. The van der Waals surface area contributed by atoms with Crippen LogP contribution in [0, 0.1) is 10.1 Å². The smallest absolute Gasteiger partial charge is 0.294 e. The summed E-state index contributed by atoms with van der Waals surface area (Å²) in [6.07, 6.45) is 1.14. The Morgan fingerprint density at radius 3 is 2.89 bits per heavy atom. The Morgan fingerprint density at radius 1 is 1.56 bits per heavy atom. The van der Waals surface area contributed by atoms with Gasteiger partial charge in [-0.05, 0) is 13.0 Å². The molecule has 0 aliphatic rings. The highest BCUT2D eigenvalue weighted by Crippen LogP contribution is 2.34. The van der Waals surface area contributed by atoms with Gasteiger partial charge < -0.3 is 9.72 Å². The molecule has 2 aromatic rings. The summed E-state index contributed by atoms with van der Waals surface area (Å²) < 4.78 is 5.45. The minimum Gasteiger partial charge on any atom is -0.460 e. The molecule has 0 bridgehead atoms. The van der Waals surface area contributed by atoms with Crippen molar-refractivity contribution in [2.24, 2.45) is 0 Å². The van der Waals surface area contributed by atoms with Crippen LogP contribution in [0.15, 0.2) is 22.8 Å². The van der Waals surface area contributed by atoms with Crippen molar-refractivity contribution in [1.82, 2.24) is 4.98 Å². The molecule has 0 aliphatic carbocycles. The largest absolute Gasteiger partial charge is 0.460 e. The first kappa shape index (κ1) is 12.6. The van der Waals surface area contributed by atoms with Gasteiger partial charge in [0.25, 0.3) is 12.2 Å². The van der Waals surface area contributed by atoms with Crippen molar-refractivity contribution in [3.05, 3.63) is 38.5 Å². The molecule has 0 amide bonds. The van der Waals surface area contributed by atoms with Crippen molar-refractivity contribution in [3.8, 4) is 0 Å². The summed E-state index contributed by atoms with van der Waals surface area (Å²) in [6, 6.07) is 3.17. The number of ether oxygens (including phenoxy) is 1. The van der Waals surface area contributed by atoms with E-state index in [2.05, 4.69) is 20.9 Å². The predicted molar refractivity (Wildman–Crippen MR) is 68.2 cm³/mol. The van der Waals surface area contributed by atoms with Crippen molar-refractivity contribution < 1.29 is 14.5 Å². The molecule has 0 aliphatic heterocycles. The lowest BCUT2D eigenvalue weighted by Gasteiger charge is -2.07. The number of H-pyrrole nitrogens is 1. The Bertz CT molecular complexity index is 623. The Balaban J connectivity index is 2.66. The molecule has 1 atom stereocenters. The Kier molecular flexibility index (Phi) is 3.33. The number of hydrogen-bond donors (Lipinski definition) is 1. The molecule has 0 fully saturated rings. The van der Waals surface area contributed by atoms with E-state index in [0.717, 1.165) is 0 Å². The molecule has 1 aromatic heterocycles. The molecule has 1 N–H and O–H groups in total. The van der Waals surface area contributed by atoms with E-state index in [1.54, 1.807) is 19.2 Å². The number of nitro groups is 1.